The summed E-state index contributed by atoms with van der Waals surface area (Å²) in [5, 5.41) is 0. The van der Waals surface area contributed by atoms with E-state index >= 15 is 0 Å². The molecule has 1 saturated carbocycles. The Morgan fingerprint density at radius 2 is 2.35 bits per heavy atom. The van der Waals surface area contributed by atoms with Crippen LogP contribution in [0.1, 0.15) is 26.7 Å². The van der Waals surface area contributed by atoms with Crippen LogP contribution < -0.4 is 0 Å². The molecule has 3 unspecified atom stereocenters. The van der Waals surface area contributed by atoms with Crippen LogP contribution in [0.4, 0.5) is 0 Å². The van der Waals surface area contributed by atoms with E-state index < -0.39 is 0 Å². The summed E-state index contributed by atoms with van der Waals surface area (Å²) in [4.78, 5) is 17.3. The zero-order valence-corrected chi connectivity index (χ0v) is 10.5. The monoisotopic (exact) mass is 229 g/mol. The highest BCUT2D eigenvalue weighted by atomic mass is 16.1. The molecule has 3 nitrogen and oxygen atoms in total. The van der Waals surface area contributed by atoms with Crippen LogP contribution in [0.3, 0.4) is 0 Å². The molecule has 0 aromatic carbocycles. The lowest BCUT2D eigenvalue weighted by molar-refractivity contribution is -0.118. The summed E-state index contributed by atoms with van der Waals surface area (Å²) in [7, 11) is 2.06. The number of amides is 1. The summed E-state index contributed by atoms with van der Waals surface area (Å²) in [6, 6.07) is 0.442. The molecule has 1 saturated heterocycles. The molecule has 0 bridgehead atoms. The predicted octanol–water partition coefficient (Wildman–Crippen LogP) is 1.78. The number of nitrogens with zero attached hydrogens (tertiary/aromatic N) is 2. The van der Waals surface area contributed by atoms with Crippen molar-refractivity contribution in [3.05, 3.63) is 24.9 Å². The Kier molecular flexibility index (Phi) is 3.23. The van der Waals surface area contributed by atoms with Crippen LogP contribution in [0.15, 0.2) is 29.9 Å². The SMILES string of the molecule is C=CN=C([B]C1CC2(C)CC2N1C=O)/C=C\C. The molecule has 17 heavy (non-hydrogen) atoms. The molecule has 1 amide bonds. The lowest BCUT2D eigenvalue weighted by Gasteiger charge is -2.22. The van der Waals surface area contributed by atoms with Crippen molar-refractivity contribution in [1.29, 1.82) is 0 Å². The van der Waals surface area contributed by atoms with E-state index in [0.717, 1.165) is 24.9 Å². The minimum atomic E-state index is 0.186. The highest BCUT2D eigenvalue weighted by Gasteiger charge is 2.61. The van der Waals surface area contributed by atoms with Crippen molar-refractivity contribution >= 4 is 19.3 Å². The normalized spacial score (nSPS) is 35.9. The molecule has 0 aromatic rings. The number of hydrogen-bond donors (Lipinski definition) is 0. The summed E-state index contributed by atoms with van der Waals surface area (Å²) in [6.07, 6.45) is 8.59. The molecule has 2 fully saturated rings. The van der Waals surface area contributed by atoms with Crippen LogP contribution in [-0.2, 0) is 4.79 Å². The minimum Gasteiger partial charge on any atom is -0.346 e. The Labute approximate surface area is 104 Å². The molecule has 89 valence electrons. The highest BCUT2D eigenvalue weighted by Crippen LogP contribution is 2.58. The average Bonchev–Trinajstić information content (AvgIpc) is 2.84. The third kappa shape index (κ3) is 2.21. The molecular formula is C13H18BN2O. The van der Waals surface area contributed by atoms with E-state index in [0.29, 0.717) is 11.5 Å². The van der Waals surface area contributed by atoms with Crippen molar-refractivity contribution in [2.45, 2.75) is 38.7 Å². The quantitative estimate of drug-likeness (QED) is 0.401. The number of aliphatic imine (C=N–C) groups is 1. The van der Waals surface area contributed by atoms with Crippen LogP contribution in [0.5, 0.6) is 0 Å². The number of carbonyl (C=O) groups is 1. The van der Waals surface area contributed by atoms with Gasteiger partial charge in [0.25, 0.3) is 0 Å². The maximum atomic E-state index is 11.1. The third-order valence-corrected chi connectivity index (χ3v) is 3.78. The number of carbonyl (C=O) groups excluding carboxylic acids is 1. The van der Waals surface area contributed by atoms with Gasteiger partial charge in [-0.15, -0.1) is 0 Å². The molecule has 4 heteroatoms. The van der Waals surface area contributed by atoms with Crippen LogP contribution >= 0.6 is 0 Å². The van der Waals surface area contributed by atoms with E-state index in [-0.39, 0.29) is 5.94 Å². The molecule has 1 heterocycles. The highest BCUT2D eigenvalue weighted by molar-refractivity contribution is 6.79. The number of likely N-dealkylation sites (tertiary alicyclic amines) is 1. The lowest BCUT2D eigenvalue weighted by atomic mass is 9.62. The van der Waals surface area contributed by atoms with Crippen LogP contribution in [0, 0.1) is 5.41 Å². The smallest absolute Gasteiger partial charge is 0.209 e. The first kappa shape index (κ1) is 12.2. The molecule has 0 N–H and O–H groups in total. The van der Waals surface area contributed by atoms with E-state index in [2.05, 4.69) is 25.8 Å². The summed E-state index contributed by atoms with van der Waals surface area (Å²) >= 11 is 0. The lowest BCUT2D eigenvalue weighted by Crippen LogP contribution is -2.39. The van der Waals surface area contributed by atoms with E-state index in [1.807, 2.05) is 24.0 Å². The van der Waals surface area contributed by atoms with Gasteiger partial charge in [0.05, 0.1) is 0 Å². The van der Waals surface area contributed by atoms with E-state index in [9.17, 15) is 4.79 Å². The van der Waals surface area contributed by atoms with Crippen molar-refractivity contribution in [1.82, 2.24) is 4.90 Å². The number of allylic oxidation sites excluding steroid dienone is 2. The molecule has 1 radical (unpaired) electrons. The zero-order chi connectivity index (χ0) is 12.5. The fourth-order valence-corrected chi connectivity index (χ4v) is 2.79. The zero-order valence-electron chi connectivity index (χ0n) is 10.5. The Hall–Kier alpha value is -1.32. The topological polar surface area (TPSA) is 32.7 Å². The first-order chi connectivity index (χ1) is 8.14. The van der Waals surface area contributed by atoms with Gasteiger partial charge in [-0.1, -0.05) is 25.7 Å². The van der Waals surface area contributed by atoms with Crippen molar-refractivity contribution in [3.8, 4) is 0 Å². The van der Waals surface area contributed by atoms with Gasteiger partial charge in [0.1, 0.15) is 0 Å². The van der Waals surface area contributed by atoms with Gasteiger partial charge in [-0.2, -0.15) is 0 Å². The van der Waals surface area contributed by atoms with Gasteiger partial charge < -0.3 is 4.90 Å². The van der Waals surface area contributed by atoms with Gasteiger partial charge in [-0.05, 0) is 30.8 Å². The van der Waals surface area contributed by atoms with E-state index in [1.165, 1.54) is 6.20 Å². The molecule has 0 spiro atoms. The van der Waals surface area contributed by atoms with Gasteiger partial charge in [0, 0.05) is 18.2 Å². The molecule has 2 aliphatic rings. The largest absolute Gasteiger partial charge is 0.346 e. The first-order valence-electron chi connectivity index (χ1n) is 6.03. The molecule has 3 atom stereocenters. The maximum absolute atomic E-state index is 11.1. The summed E-state index contributed by atoms with van der Waals surface area (Å²) < 4.78 is 0. The second-order valence-corrected chi connectivity index (χ2v) is 5.10. The minimum absolute atomic E-state index is 0.186. The van der Waals surface area contributed by atoms with Gasteiger partial charge in [-0.25, -0.2) is 0 Å². The second-order valence-electron chi connectivity index (χ2n) is 5.10. The molecule has 2 rings (SSSR count). The van der Waals surface area contributed by atoms with Gasteiger partial charge in [-0.3, -0.25) is 9.79 Å². The summed E-state index contributed by atoms with van der Waals surface area (Å²) in [5.41, 5.74) is 1.22. The van der Waals surface area contributed by atoms with Crippen LogP contribution in [0.25, 0.3) is 0 Å². The summed E-state index contributed by atoms with van der Waals surface area (Å²) in [6.45, 7) is 7.82. The molecule has 0 aromatic heterocycles. The third-order valence-electron chi connectivity index (χ3n) is 3.78. The van der Waals surface area contributed by atoms with Gasteiger partial charge in [0.15, 0.2) is 0 Å². The Morgan fingerprint density at radius 3 is 2.94 bits per heavy atom. The predicted molar refractivity (Wildman–Crippen MR) is 71.0 cm³/mol. The molecular weight excluding hydrogens is 211 g/mol. The van der Waals surface area contributed by atoms with Gasteiger partial charge in [0.2, 0.25) is 13.7 Å². The standard InChI is InChI=1S/C13H18BN2O/c1-4-6-11(15-5-2)14-12-8-13(3)7-10(13)16(12)9-17/h4-6,9-10,12H,2,7-8H2,1,3H3/b6-4-,15-11?. The van der Waals surface area contributed by atoms with E-state index in [1.54, 1.807) is 0 Å². The molecule has 1 aliphatic carbocycles. The number of hydrogen-bond acceptors (Lipinski definition) is 2. The number of piperidine rings is 1. The summed E-state index contributed by atoms with van der Waals surface area (Å²) in [5.74, 6) is 0.186. The first-order valence-corrected chi connectivity index (χ1v) is 6.03. The van der Waals surface area contributed by atoms with Crippen LogP contribution in [-0.4, -0.2) is 36.2 Å². The van der Waals surface area contributed by atoms with Crippen molar-refractivity contribution in [2.75, 3.05) is 0 Å². The van der Waals surface area contributed by atoms with Crippen molar-refractivity contribution in [2.24, 2.45) is 10.4 Å². The fourth-order valence-electron chi connectivity index (χ4n) is 2.79. The Bertz CT molecular complexity index is 391. The number of rotatable bonds is 5. The average molecular weight is 229 g/mol. The number of fused-ring (bicyclic) bond motifs is 1. The van der Waals surface area contributed by atoms with Crippen molar-refractivity contribution < 1.29 is 4.79 Å². The van der Waals surface area contributed by atoms with Crippen molar-refractivity contribution in [3.63, 3.8) is 0 Å². The fraction of sp³-hybridized carbons (Fsp3) is 0.538. The Morgan fingerprint density at radius 1 is 1.59 bits per heavy atom. The Balaban J connectivity index is 2.06. The van der Waals surface area contributed by atoms with Gasteiger partial charge >= 0.3 is 0 Å². The second kappa shape index (κ2) is 4.51. The maximum Gasteiger partial charge on any atom is 0.209 e. The molecule has 1 aliphatic heterocycles. The van der Waals surface area contributed by atoms with E-state index in [4.69, 9.17) is 0 Å². The van der Waals surface area contributed by atoms with Crippen LogP contribution in [0.2, 0.25) is 0 Å².